The number of nitrogens with zero attached hydrogens (tertiary/aromatic N) is 1. The predicted octanol–water partition coefficient (Wildman–Crippen LogP) is 2.55. The van der Waals surface area contributed by atoms with Crippen LogP contribution in [0.25, 0.3) is 0 Å². The van der Waals surface area contributed by atoms with Gasteiger partial charge in [-0.25, -0.2) is 10.4 Å². The molecule has 1 fully saturated rings. The molecule has 4 amide bonds. The Morgan fingerprint density at radius 3 is 2.67 bits per heavy atom. The van der Waals surface area contributed by atoms with Gasteiger partial charge < -0.3 is 0 Å². The SMILES string of the molecule is Cc1cc(CNN2C(=O)CCC(c3cccc4c3C(=O)NC4=O)C2=O)ccc1CCl. The number of carbonyl (C=O) groups excluding carboxylic acids is 4. The third kappa shape index (κ3) is 3.51. The van der Waals surface area contributed by atoms with E-state index in [2.05, 4.69) is 10.7 Å². The van der Waals surface area contributed by atoms with Crippen molar-refractivity contribution in [3.63, 3.8) is 0 Å². The highest BCUT2D eigenvalue weighted by atomic mass is 35.5. The second-order valence-corrected chi connectivity index (χ2v) is 7.71. The second kappa shape index (κ2) is 8.01. The van der Waals surface area contributed by atoms with Crippen molar-refractivity contribution in [2.45, 2.75) is 38.1 Å². The molecule has 0 aliphatic carbocycles. The van der Waals surface area contributed by atoms with Gasteiger partial charge in [0.15, 0.2) is 0 Å². The average molecular weight is 426 g/mol. The maximum Gasteiger partial charge on any atom is 0.259 e. The monoisotopic (exact) mass is 425 g/mol. The maximum absolute atomic E-state index is 13.1. The van der Waals surface area contributed by atoms with E-state index in [-0.39, 0.29) is 29.9 Å². The predicted molar refractivity (Wildman–Crippen MR) is 110 cm³/mol. The van der Waals surface area contributed by atoms with Crippen LogP contribution in [-0.2, 0) is 22.0 Å². The number of rotatable bonds is 5. The fourth-order valence-corrected chi connectivity index (χ4v) is 4.26. The number of imide groups is 2. The molecule has 2 N–H and O–H groups in total. The molecule has 7 nitrogen and oxygen atoms in total. The van der Waals surface area contributed by atoms with Crippen molar-refractivity contribution in [1.82, 2.24) is 15.8 Å². The fourth-order valence-electron chi connectivity index (χ4n) is 3.96. The number of benzene rings is 2. The zero-order chi connectivity index (χ0) is 21.4. The number of alkyl halides is 1. The van der Waals surface area contributed by atoms with Crippen molar-refractivity contribution in [3.8, 4) is 0 Å². The molecule has 30 heavy (non-hydrogen) atoms. The van der Waals surface area contributed by atoms with E-state index in [1.165, 1.54) is 0 Å². The first kappa shape index (κ1) is 20.3. The minimum atomic E-state index is -0.679. The summed E-state index contributed by atoms with van der Waals surface area (Å²) in [7, 11) is 0. The summed E-state index contributed by atoms with van der Waals surface area (Å²) in [5.74, 6) is -1.99. The number of halogens is 1. The van der Waals surface area contributed by atoms with E-state index >= 15 is 0 Å². The third-order valence-corrected chi connectivity index (χ3v) is 5.87. The number of aryl methyl sites for hydroxylation is 1. The molecule has 0 spiro atoms. The molecule has 1 atom stereocenters. The van der Waals surface area contributed by atoms with Crippen molar-refractivity contribution >= 4 is 35.2 Å². The van der Waals surface area contributed by atoms with Gasteiger partial charge in [0.1, 0.15) is 0 Å². The van der Waals surface area contributed by atoms with Crippen LogP contribution in [0.15, 0.2) is 36.4 Å². The van der Waals surface area contributed by atoms with Gasteiger partial charge >= 0.3 is 0 Å². The van der Waals surface area contributed by atoms with Crippen molar-refractivity contribution in [3.05, 3.63) is 69.8 Å². The number of fused-ring (bicyclic) bond motifs is 1. The molecule has 154 valence electrons. The maximum atomic E-state index is 13.1. The number of carbonyl (C=O) groups is 4. The van der Waals surface area contributed by atoms with Gasteiger partial charge in [0.05, 0.1) is 17.0 Å². The van der Waals surface area contributed by atoms with E-state index in [1.807, 2.05) is 25.1 Å². The molecule has 1 unspecified atom stereocenters. The zero-order valence-corrected chi connectivity index (χ0v) is 17.1. The lowest BCUT2D eigenvalue weighted by Gasteiger charge is -2.31. The van der Waals surface area contributed by atoms with Gasteiger partial charge in [-0.1, -0.05) is 30.3 Å². The molecule has 0 aromatic heterocycles. The van der Waals surface area contributed by atoms with E-state index in [0.717, 1.165) is 21.7 Å². The minimum absolute atomic E-state index is 0.160. The van der Waals surface area contributed by atoms with Crippen LogP contribution in [0.2, 0.25) is 0 Å². The molecule has 4 rings (SSSR count). The second-order valence-electron chi connectivity index (χ2n) is 7.44. The van der Waals surface area contributed by atoms with E-state index in [0.29, 0.717) is 18.0 Å². The van der Waals surface area contributed by atoms with Gasteiger partial charge in [-0.2, -0.15) is 0 Å². The van der Waals surface area contributed by atoms with Crippen LogP contribution < -0.4 is 10.7 Å². The van der Waals surface area contributed by atoms with Crippen LogP contribution in [0.5, 0.6) is 0 Å². The first-order valence-electron chi connectivity index (χ1n) is 9.64. The highest BCUT2D eigenvalue weighted by molar-refractivity contribution is 6.22. The number of nitrogens with one attached hydrogen (secondary N) is 2. The first-order valence-corrected chi connectivity index (χ1v) is 10.2. The Hall–Kier alpha value is -3.03. The Morgan fingerprint density at radius 2 is 1.93 bits per heavy atom. The number of hydrogen-bond acceptors (Lipinski definition) is 5. The number of hydrazine groups is 1. The molecular formula is C22H20ClN3O4. The third-order valence-electron chi connectivity index (χ3n) is 5.58. The quantitative estimate of drug-likeness (QED) is 0.567. The highest BCUT2D eigenvalue weighted by Crippen LogP contribution is 2.33. The van der Waals surface area contributed by atoms with Crippen molar-refractivity contribution in [2.75, 3.05) is 0 Å². The van der Waals surface area contributed by atoms with E-state index in [4.69, 9.17) is 11.6 Å². The zero-order valence-electron chi connectivity index (χ0n) is 16.3. The number of hydrogen-bond donors (Lipinski definition) is 2. The van der Waals surface area contributed by atoms with Gasteiger partial charge in [0.25, 0.3) is 17.7 Å². The molecular weight excluding hydrogens is 406 g/mol. The average Bonchev–Trinajstić information content (AvgIpc) is 3.02. The summed E-state index contributed by atoms with van der Waals surface area (Å²) in [6.07, 6.45) is 0.449. The van der Waals surface area contributed by atoms with Gasteiger partial charge in [0, 0.05) is 18.8 Å². The molecule has 2 heterocycles. The van der Waals surface area contributed by atoms with Crippen LogP contribution in [-0.4, -0.2) is 28.6 Å². The van der Waals surface area contributed by atoms with E-state index in [1.54, 1.807) is 18.2 Å². The molecule has 2 aliphatic heterocycles. The summed E-state index contributed by atoms with van der Waals surface area (Å²) in [5, 5.41) is 3.30. The Bertz CT molecular complexity index is 1080. The first-order chi connectivity index (χ1) is 14.4. The van der Waals surface area contributed by atoms with E-state index in [9.17, 15) is 19.2 Å². The van der Waals surface area contributed by atoms with Gasteiger partial charge in [0.2, 0.25) is 5.91 Å². The molecule has 0 bridgehead atoms. The molecule has 8 heteroatoms. The molecule has 0 saturated carbocycles. The smallest absolute Gasteiger partial charge is 0.259 e. The van der Waals surface area contributed by atoms with Gasteiger partial charge in [-0.15, -0.1) is 11.6 Å². The Labute approximate surface area is 178 Å². The number of amides is 4. The van der Waals surface area contributed by atoms with Crippen LogP contribution >= 0.6 is 11.6 Å². The Morgan fingerprint density at radius 1 is 1.13 bits per heavy atom. The topological polar surface area (TPSA) is 95.6 Å². The van der Waals surface area contributed by atoms with Crippen LogP contribution in [0.1, 0.15) is 61.7 Å². The van der Waals surface area contributed by atoms with Crippen molar-refractivity contribution in [1.29, 1.82) is 0 Å². The van der Waals surface area contributed by atoms with Crippen molar-refractivity contribution in [2.24, 2.45) is 0 Å². The lowest BCUT2D eigenvalue weighted by molar-refractivity contribution is -0.153. The van der Waals surface area contributed by atoms with Gasteiger partial charge in [-0.3, -0.25) is 24.5 Å². The largest absolute Gasteiger partial charge is 0.288 e. The summed E-state index contributed by atoms with van der Waals surface area (Å²) >= 11 is 5.89. The summed E-state index contributed by atoms with van der Waals surface area (Å²) < 4.78 is 0. The fraction of sp³-hybridized carbons (Fsp3) is 0.273. The van der Waals surface area contributed by atoms with Crippen LogP contribution in [0.3, 0.4) is 0 Å². The van der Waals surface area contributed by atoms with Crippen LogP contribution in [0.4, 0.5) is 0 Å². The van der Waals surface area contributed by atoms with E-state index < -0.39 is 23.6 Å². The Balaban J connectivity index is 1.56. The Kier molecular flexibility index (Phi) is 5.40. The minimum Gasteiger partial charge on any atom is -0.288 e. The lowest BCUT2D eigenvalue weighted by Crippen LogP contribution is -2.51. The molecule has 1 saturated heterocycles. The summed E-state index contributed by atoms with van der Waals surface area (Å²) in [6, 6.07) is 10.7. The molecule has 2 aliphatic rings. The number of piperidine rings is 1. The molecule has 2 aromatic carbocycles. The van der Waals surface area contributed by atoms with Crippen LogP contribution in [0, 0.1) is 6.92 Å². The summed E-state index contributed by atoms with van der Waals surface area (Å²) in [5.41, 5.74) is 6.86. The van der Waals surface area contributed by atoms with Gasteiger partial charge in [-0.05, 0) is 41.7 Å². The summed E-state index contributed by atoms with van der Waals surface area (Å²) in [6.45, 7) is 2.25. The molecule has 2 aromatic rings. The normalized spacial score (nSPS) is 18.6. The summed E-state index contributed by atoms with van der Waals surface area (Å²) in [4.78, 5) is 49.7. The standard InChI is InChI=1S/C22H20ClN3O4/c1-12-9-13(5-6-14(12)10-23)11-24-26-18(27)8-7-16(22(26)30)15-3-2-4-17-19(15)21(29)25-20(17)28/h2-6,9,16,24H,7-8,10-11H2,1H3,(H,25,28,29). The molecule has 0 radical (unpaired) electrons. The highest BCUT2D eigenvalue weighted by Gasteiger charge is 2.39. The lowest BCUT2D eigenvalue weighted by atomic mass is 9.86. The van der Waals surface area contributed by atoms with Crippen molar-refractivity contribution < 1.29 is 19.2 Å².